The summed E-state index contributed by atoms with van der Waals surface area (Å²) >= 11 is 0. The van der Waals surface area contributed by atoms with E-state index in [0.717, 1.165) is 50.0 Å². The third-order valence-electron chi connectivity index (χ3n) is 5.06. The number of sulfonamides is 1. The van der Waals surface area contributed by atoms with Crippen molar-refractivity contribution in [2.45, 2.75) is 6.42 Å². The molecule has 0 radical (unpaired) electrons. The average Bonchev–Trinajstić information content (AvgIpc) is 3.03. The Hall–Kier alpha value is -1.27. The SMILES string of the molecule is CN=C(NCCN1CCCS1(=O)=O)N1CCN(c2ccccc2OC)CC1.I. The Bertz CT molecular complexity index is 766. The predicted molar refractivity (Wildman–Crippen MR) is 124 cm³/mol. The van der Waals surface area contributed by atoms with Crippen LogP contribution in [0, 0.1) is 0 Å². The van der Waals surface area contributed by atoms with Gasteiger partial charge in [0.2, 0.25) is 10.0 Å². The highest BCUT2D eigenvalue weighted by Gasteiger charge is 2.28. The fraction of sp³-hybridized carbons (Fsp3) is 0.611. The van der Waals surface area contributed by atoms with Crippen LogP contribution in [0.4, 0.5) is 5.69 Å². The number of para-hydroxylation sites is 2. The average molecular weight is 523 g/mol. The number of hydrogen-bond acceptors (Lipinski definition) is 5. The van der Waals surface area contributed by atoms with Crippen molar-refractivity contribution in [2.24, 2.45) is 4.99 Å². The lowest BCUT2D eigenvalue weighted by molar-refractivity contribution is 0.364. The molecule has 0 aromatic heterocycles. The summed E-state index contributed by atoms with van der Waals surface area (Å²) in [5, 5.41) is 3.31. The van der Waals surface area contributed by atoms with Gasteiger partial charge in [-0.3, -0.25) is 4.99 Å². The normalized spacial score (nSPS) is 20.0. The molecule has 28 heavy (non-hydrogen) atoms. The Labute approximate surface area is 185 Å². The van der Waals surface area contributed by atoms with Gasteiger partial charge in [0.05, 0.1) is 18.6 Å². The van der Waals surface area contributed by atoms with Crippen molar-refractivity contribution in [3.05, 3.63) is 24.3 Å². The van der Waals surface area contributed by atoms with E-state index in [0.29, 0.717) is 19.6 Å². The number of piperazine rings is 1. The van der Waals surface area contributed by atoms with Crippen LogP contribution in [0.15, 0.2) is 29.3 Å². The van der Waals surface area contributed by atoms with Crippen LogP contribution in [0.2, 0.25) is 0 Å². The van der Waals surface area contributed by atoms with Gasteiger partial charge < -0.3 is 19.9 Å². The molecular weight excluding hydrogens is 493 g/mol. The highest BCUT2D eigenvalue weighted by molar-refractivity contribution is 14.0. The lowest BCUT2D eigenvalue weighted by Gasteiger charge is -2.38. The van der Waals surface area contributed by atoms with Gasteiger partial charge in [-0.1, -0.05) is 12.1 Å². The quantitative estimate of drug-likeness (QED) is 0.353. The predicted octanol–water partition coefficient (Wildman–Crippen LogP) is 1.05. The molecular formula is C18H30IN5O3S. The maximum absolute atomic E-state index is 11.9. The van der Waals surface area contributed by atoms with E-state index >= 15 is 0 Å². The van der Waals surface area contributed by atoms with Gasteiger partial charge in [0.25, 0.3) is 0 Å². The van der Waals surface area contributed by atoms with Gasteiger partial charge in [-0.05, 0) is 18.6 Å². The van der Waals surface area contributed by atoms with Crippen molar-refractivity contribution in [2.75, 3.05) is 70.6 Å². The number of rotatable bonds is 5. The van der Waals surface area contributed by atoms with E-state index in [4.69, 9.17) is 4.74 Å². The van der Waals surface area contributed by atoms with Crippen LogP contribution in [0.1, 0.15) is 6.42 Å². The van der Waals surface area contributed by atoms with Crippen LogP contribution in [0.5, 0.6) is 5.75 Å². The highest BCUT2D eigenvalue weighted by atomic mass is 127. The van der Waals surface area contributed by atoms with Crippen LogP contribution < -0.4 is 15.0 Å². The molecule has 2 aliphatic rings. The smallest absolute Gasteiger partial charge is 0.214 e. The van der Waals surface area contributed by atoms with Gasteiger partial charge in [-0.25, -0.2) is 12.7 Å². The molecule has 2 aliphatic heterocycles. The highest BCUT2D eigenvalue weighted by Crippen LogP contribution is 2.28. The number of guanidine groups is 1. The molecule has 0 saturated carbocycles. The second-order valence-electron chi connectivity index (χ2n) is 6.69. The van der Waals surface area contributed by atoms with Crippen molar-refractivity contribution < 1.29 is 13.2 Å². The first-order valence-electron chi connectivity index (χ1n) is 9.36. The van der Waals surface area contributed by atoms with Crippen LogP contribution in [-0.4, -0.2) is 89.3 Å². The van der Waals surface area contributed by atoms with E-state index in [1.54, 1.807) is 18.5 Å². The summed E-state index contributed by atoms with van der Waals surface area (Å²) in [7, 11) is 0.421. The van der Waals surface area contributed by atoms with Crippen molar-refractivity contribution in [1.82, 2.24) is 14.5 Å². The number of hydrogen-bond donors (Lipinski definition) is 1. The summed E-state index contributed by atoms with van der Waals surface area (Å²) in [6.45, 7) is 5.13. The van der Waals surface area contributed by atoms with Gasteiger partial charge in [0, 0.05) is 52.9 Å². The molecule has 2 heterocycles. The molecule has 158 valence electrons. The fourth-order valence-corrected chi connectivity index (χ4v) is 5.15. The molecule has 0 aliphatic carbocycles. The Morgan fingerprint density at radius 3 is 2.50 bits per heavy atom. The molecule has 0 bridgehead atoms. The van der Waals surface area contributed by atoms with E-state index in [-0.39, 0.29) is 29.7 Å². The summed E-state index contributed by atoms with van der Waals surface area (Å²) in [6.07, 6.45) is 0.724. The lowest BCUT2D eigenvalue weighted by Crippen LogP contribution is -2.53. The Morgan fingerprint density at radius 2 is 1.89 bits per heavy atom. The number of nitrogens with one attached hydrogen (secondary N) is 1. The number of nitrogens with zero attached hydrogens (tertiary/aromatic N) is 4. The monoisotopic (exact) mass is 523 g/mol. The number of methoxy groups -OCH3 is 1. The summed E-state index contributed by atoms with van der Waals surface area (Å²) in [6, 6.07) is 8.06. The largest absolute Gasteiger partial charge is 0.495 e. The van der Waals surface area contributed by atoms with E-state index in [2.05, 4.69) is 26.2 Å². The lowest BCUT2D eigenvalue weighted by atomic mass is 10.2. The molecule has 3 rings (SSSR count). The zero-order chi connectivity index (χ0) is 19.3. The zero-order valence-corrected chi connectivity index (χ0v) is 19.7. The summed E-state index contributed by atoms with van der Waals surface area (Å²) in [4.78, 5) is 8.90. The molecule has 2 saturated heterocycles. The molecule has 10 heteroatoms. The van der Waals surface area contributed by atoms with Crippen LogP contribution >= 0.6 is 24.0 Å². The van der Waals surface area contributed by atoms with E-state index in [1.165, 1.54) is 0 Å². The molecule has 1 N–H and O–H groups in total. The van der Waals surface area contributed by atoms with Gasteiger partial charge in [-0.15, -0.1) is 24.0 Å². The van der Waals surface area contributed by atoms with Crippen molar-refractivity contribution in [3.63, 3.8) is 0 Å². The first-order chi connectivity index (χ1) is 13.0. The van der Waals surface area contributed by atoms with Crippen molar-refractivity contribution in [1.29, 1.82) is 0 Å². The minimum absolute atomic E-state index is 0. The minimum atomic E-state index is -3.04. The maximum Gasteiger partial charge on any atom is 0.214 e. The van der Waals surface area contributed by atoms with Crippen molar-refractivity contribution >= 4 is 45.6 Å². The Morgan fingerprint density at radius 1 is 1.18 bits per heavy atom. The molecule has 1 aromatic carbocycles. The van der Waals surface area contributed by atoms with Crippen LogP contribution in [-0.2, 0) is 10.0 Å². The number of benzene rings is 1. The Kier molecular flexibility index (Phi) is 8.62. The molecule has 0 unspecified atom stereocenters. The minimum Gasteiger partial charge on any atom is -0.495 e. The Balaban J connectivity index is 0.00000280. The number of ether oxygens (including phenoxy) is 1. The summed E-state index contributed by atoms with van der Waals surface area (Å²) < 4.78 is 30.8. The maximum atomic E-state index is 11.9. The zero-order valence-electron chi connectivity index (χ0n) is 16.5. The van der Waals surface area contributed by atoms with Crippen LogP contribution in [0.25, 0.3) is 0 Å². The first-order valence-corrected chi connectivity index (χ1v) is 11.0. The number of halogens is 1. The van der Waals surface area contributed by atoms with Gasteiger partial charge in [0.1, 0.15) is 5.75 Å². The number of aliphatic imine (C=N–C) groups is 1. The standard InChI is InChI=1S/C18H29N5O3S.HI/c1-19-18(20-8-10-23-9-5-15-27(23,24)25)22-13-11-21(12-14-22)16-6-3-4-7-17(16)26-2;/h3-4,6-7H,5,8-15H2,1-2H3,(H,19,20);1H. The molecule has 0 amide bonds. The van der Waals surface area contributed by atoms with E-state index < -0.39 is 10.0 Å². The molecule has 0 atom stereocenters. The van der Waals surface area contributed by atoms with Crippen LogP contribution in [0.3, 0.4) is 0 Å². The first kappa shape index (κ1) is 23.0. The summed E-state index contributed by atoms with van der Waals surface area (Å²) in [5.41, 5.74) is 1.11. The van der Waals surface area contributed by atoms with Gasteiger partial charge in [-0.2, -0.15) is 0 Å². The molecule has 2 fully saturated rings. The third kappa shape index (κ3) is 5.41. The van der Waals surface area contributed by atoms with Gasteiger partial charge >= 0.3 is 0 Å². The van der Waals surface area contributed by atoms with E-state index in [1.807, 2.05) is 18.2 Å². The fourth-order valence-electron chi connectivity index (χ4n) is 3.62. The number of anilines is 1. The second kappa shape index (κ2) is 10.5. The topological polar surface area (TPSA) is 77.5 Å². The molecule has 0 spiro atoms. The van der Waals surface area contributed by atoms with Crippen molar-refractivity contribution in [3.8, 4) is 5.75 Å². The second-order valence-corrected chi connectivity index (χ2v) is 8.78. The summed E-state index contributed by atoms with van der Waals surface area (Å²) in [5.74, 6) is 1.98. The van der Waals surface area contributed by atoms with E-state index in [9.17, 15) is 8.42 Å². The van der Waals surface area contributed by atoms with Gasteiger partial charge in [0.15, 0.2) is 5.96 Å². The molecule has 1 aromatic rings. The molecule has 8 nitrogen and oxygen atoms in total. The third-order valence-corrected chi connectivity index (χ3v) is 7.02.